The lowest BCUT2D eigenvalue weighted by molar-refractivity contribution is -0.0506. The Morgan fingerprint density at radius 1 is 1.33 bits per heavy atom. The number of guanidine groups is 1. The van der Waals surface area contributed by atoms with Gasteiger partial charge in [-0.15, -0.1) is 24.0 Å². The number of halogens is 4. The predicted octanol–water partition coefficient (Wildman–Crippen LogP) is 3.58. The third-order valence-electron chi connectivity index (χ3n) is 4.44. The van der Waals surface area contributed by atoms with E-state index in [0.717, 1.165) is 26.1 Å². The molecule has 2 rings (SSSR count). The van der Waals surface area contributed by atoms with Crippen molar-refractivity contribution in [2.24, 2.45) is 4.99 Å². The van der Waals surface area contributed by atoms with Crippen molar-refractivity contribution in [3.05, 3.63) is 29.6 Å². The largest absolute Gasteiger partial charge is 0.434 e. The van der Waals surface area contributed by atoms with E-state index in [2.05, 4.69) is 32.2 Å². The van der Waals surface area contributed by atoms with Crippen LogP contribution in [0, 0.1) is 5.82 Å². The monoisotopic (exact) mass is 500 g/mol. The van der Waals surface area contributed by atoms with Gasteiger partial charge in [-0.3, -0.25) is 4.90 Å². The Bertz CT molecular complexity index is 604. The lowest BCUT2D eigenvalue weighted by atomic mass is 10.2. The van der Waals surface area contributed by atoms with Crippen molar-refractivity contribution >= 4 is 29.9 Å². The van der Waals surface area contributed by atoms with Gasteiger partial charge >= 0.3 is 6.61 Å². The molecule has 1 unspecified atom stereocenters. The first-order chi connectivity index (χ1) is 12.5. The van der Waals surface area contributed by atoms with Crippen molar-refractivity contribution in [2.45, 2.75) is 45.9 Å². The molecular weight excluding hydrogens is 472 g/mol. The predicted molar refractivity (Wildman–Crippen MR) is 112 cm³/mol. The van der Waals surface area contributed by atoms with E-state index in [1.54, 1.807) is 0 Å². The Morgan fingerprint density at radius 3 is 2.78 bits per heavy atom. The molecule has 0 aliphatic carbocycles. The molecule has 1 aromatic rings. The summed E-state index contributed by atoms with van der Waals surface area (Å²) in [4.78, 5) is 6.74. The lowest BCUT2D eigenvalue weighted by Gasteiger charge is -2.24. The SMILES string of the molecule is CCNC(=NCc1c(F)cccc1OC(F)F)NCC1CCCN1CC.I. The van der Waals surface area contributed by atoms with Gasteiger partial charge in [-0.05, 0) is 45.0 Å². The zero-order chi connectivity index (χ0) is 18.9. The van der Waals surface area contributed by atoms with Gasteiger partial charge in [0.1, 0.15) is 11.6 Å². The number of alkyl halides is 2. The van der Waals surface area contributed by atoms with Crippen molar-refractivity contribution in [3.63, 3.8) is 0 Å². The molecule has 0 aromatic heterocycles. The van der Waals surface area contributed by atoms with E-state index in [9.17, 15) is 13.2 Å². The third kappa shape index (κ3) is 7.36. The minimum absolute atomic E-state index is 0. The van der Waals surface area contributed by atoms with Crippen LogP contribution in [-0.2, 0) is 6.54 Å². The van der Waals surface area contributed by atoms with Crippen LogP contribution in [0.1, 0.15) is 32.3 Å². The topological polar surface area (TPSA) is 48.9 Å². The van der Waals surface area contributed by atoms with Gasteiger partial charge in [0.2, 0.25) is 0 Å². The van der Waals surface area contributed by atoms with Gasteiger partial charge in [0, 0.05) is 19.1 Å². The van der Waals surface area contributed by atoms with E-state index in [-0.39, 0.29) is 41.8 Å². The first-order valence-corrected chi connectivity index (χ1v) is 9.03. The maximum Gasteiger partial charge on any atom is 0.387 e. The first kappa shape index (κ1) is 23.8. The second kappa shape index (κ2) is 12.3. The van der Waals surface area contributed by atoms with E-state index < -0.39 is 12.4 Å². The summed E-state index contributed by atoms with van der Waals surface area (Å²) < 4.78 is 43.4. The van der Waals surface area contributed by atoms with Crippen LogP contribution in [0.5, 0.6) is 5.75 Å². The van der Waals surface area contributed by atoms with Gasteiger partial charge in [-0.1, -0.05) is 13.0 Å². The van der Waals surface area contributed by atoms with E-state index in [1.807, 2.05) is 6.92 Å². The van der Waals surface area contributed by atoms with E-state index in [1.165, 1.54) is 24.6 Å². The van der Waals surface area contributed by atoms with E-state index in [0.29, 0.717) is 18.5 Å². The molecule has 0 amide bonds. The Labute approximate surface area is 175 Å². The summed E-state index contributed by atoms with van der Waals surface area (Å²) in [5.74, 6) is -0.273. The third-order valence-corrected chi connectivity index (χ3v) is 4.44. The summed E-state index contributed by atoms with van der Waals surface area (Å²) in [5, 5.41) is 6.36. The molecule has 1 aliphatic heterocycles. The molecule has 154 valence electrons. The Hall–Kier alpha value is -1.23. The van der Waals surface area contributed by atoms with Gasteiger partial charge in [0.25, 0.3) is 0 Å². The zero-order valence-corrected chi connectivity index (χ0v) is 18.0. The van der Waals surface area contributed by atoms with Gasteiger partial charge in [0.15, 0.2) is 5.96 Å². The molecule has 0 radical (unpaired) electrons. The van der Waals surface area contributed by atoms with Crippen LogP contribution in [0.3, 0.4) is 0 Å². The van der Waals surface area contributed by atoms with Crippen molar-refractivity contribution in [1.29, 1.82) is 0 Å². The lowest BCUT2D eigenvalue weighted by Crippen LogP contribution is -2.44. The molecule has 1 saturated heterocycles. The van der Waals surface area contributed by atoms with Crippen molar-refractivity contribution < 1.29 is 17.9 Å². The molecule has 5 nitrogen and oxygen atoms in total. The molecule has 2 N–H and O–H groups in total. The van der Waals surface area contributed by atoms with E-state index >= 15 is 0 Å². The normalized spacial score (nSPS) is 17.7. The number of nitrogens with one attached hydrogen (secondary N) is 2. The minimum Gasteiger partial charge on any atom is -0.434 e. The van der Waals surface area contributed by atoms with Crippen molar-refractivity contribution in [1.82, 2.24) is 15.5 Å². The van der Waals surface area contributed by atoms with Crippen LogP contribution in [0.25, 0.3) is 0 Å². The Morgan fingerprint density at radius 2 is 2.11 bits per heavy atom. The van der Waals surface area contributed by atoms with Gasteiger partial charge < -0.3 is 15.4 Å². The fourth-order valence-electron chi connectivity index (χ4n) is 3.16. The highest BCUT2D eigenvalue weighted by atomic mass is 127. The maximum atomic E-state index is 14.0. The highest BCUT2D eigenvalue weighted by molar-refractivity contribution is 14.0. The van der Waals surface area contributed by atoms with E-state index in [4.69, 9.17) is 0 Å². The summed E-state index contributed by atoms with van der Waals surface area (Å²) in [7, 11) is 0. The number of ether oxygens (including phenoxy) is 1. The van der Waals surface area contributed by atoms with Crippen LogP contribution >= 0.6 is 24.0 Å². The van der Waals surface area contributed by atoms with Gasteiger partial charge in [-0.25, -0.2) is 9.38 Å². The smallest absolute Gasteiger partial charge is 0.387 e. The zero-order valence-electron chi connectivity index (χ0n) is 15.7. The molecule has 1 aromatic carbocycles. The van der Waals surface area contributed by atoms with Crippen molar-refractivity contribution in [3.8, 4) is 5.75 Å². The highest BCUT2D eigenvalue weighted by Crippen LogP contribution is 2.24. The molecule has 1 heterocycles. The summed E-state index contributed by atoms with van der Waals surface area (Å²) in [6.45, 7) is 4.45. The average molecular weight is 500 g/mol. The molecule has 9 heteroatoms. The fraction of sp³-hybridized carbons (Fsp3) is 0.611. The Kier molecular flexibility index (Phi) is 10.8. The number of likely N-dealkylation sites (tertiary alicyclic amines) is 1. The second-order valence-corrected chi connectivity index (χ2v) is 6.10. The summed E-state index contributed by atoms with van der Waals surface area (Å²) in [6, 6.07) is 4.30. The number of hydrogen-bond donors (Lipinski definition) is 2. The number of nitrogens with zero attached hydrogens (tertiary/aromatic N) is 2. The second-order valence-electron chi connectivity index (χ2n) is 6.10. The number of hydrogen-bond acceptors (Lipinski definition) is 3. The number of rotatable bonds is 8. The Balaban J connectivity index is 0.00000364. The molecule has 27 heavy (non-hydrogen) atoms. The summed E-state index contributed by atoms with van der Waals surface area (Å²) in [6.07, 6.45) is 2.30. The fourth-order valence-corrected chi connectivity index (χ4v) is 3.16. The van der Waals surface area contributed by atoms with Gasteiger partial charge in [0.05, 0.1) is 12.1 Å². The van der Waals surface area contributed by atoms with Crippen LogP contribution < -0.4 is 15.4 Å². The first-order valence-electron chi connectivity index (χ1n) is 9.03. The molecule has 0 saturated carbocycles. The van der Waals surface area contributed by atoms with Crippen LogP contribution in [0.2, 0.25) is 0 Å². The molecule has 1 fully saturated rings. The molecule has 1 aliphatic rings. The van der Waals surface area contributed by atoms with Gasteiger partial charge in [-0.2, -0.15) is 8.78 Å². The number of benzene rings is 1. The molecule has 0 spiro atoms. The minimum atomic E-state index is -3.01. The van der Waals surface area contributed by atoms with Crippen LogP contribution in [0.15, 0.2) is 23.2 Å². The molecule has 0 bridgehead atoms. The number of likely N-dealkylation sites (N-methyl/N-ethyl adjacent to an activating group) is 1. The van der Waals surface area contributed by atoms with Crippen molar-refractivity contribution in [2.75, 3.05) is 26.2 Å². The standard InChI is InChI=1S/C18H27F3N4O.HI/c1-3-22-18(23-11-13-7-6-10-25(13)4-2)24-12-14-15(19)8-5-9-16(14)26-17(20)21;/h5,8-9,13,17H,3-4,6-7,10-12H2,1-2H3,(H2,22,23,24);1H. The number of aliphatic imine (C=N–C) groups is 1. The molecule has 1 atom stereocenters. The summed E-state index contributed by atoms with van der Waals surface area (Å²) >= 11 is 0. The highest BCUT2D eigenvalue weighted by Gasteiger charge is 2.22. The quantitative estimate of drug-likeness (QED) is 0.326. The average Bonchev–Trinajstić information content (AvgIpc) is 3.06. The maximum absolute atomic E-state index is 14.0. The van der Waals surface area contributed by atoms with Crippen LogP contribution in [-0.4, -0.2) is 49.7 Å². The van der Waals surface area contributed by atoms with Crippen LogP contribution in [0.4, 0.5) is 13.2 Å². The molecular formula is C18H28F3IN4O. The summed E-state index contributed by atoms with van der Waals surface area (Å²) in [5.41, 5.74) is 0.0149.